The average molecular weight is 669 g/mol. The molecule has 0 atom stereocenters. The molecule has 7 rings (SSSR count). The summed E-state index contributed by atoms with van der Waals surface area (Å²) in [5, 5.41) is 8.79. The summed E-state index contributed by atoms with van der Waals surface area (Å²) in [6.07, 6.45) is 10.7. The van der Waals surface area contributed by atoms with Crippen LogP contribution in [0.15, 0.2) is 67.3 Å². The topological polar surface area (TPSA) is 122 Å². The molecule has 0 spiro atoms. The van der Waals surface area contributed by atoms with E-state index in [1.165, 1.54) is 0 Å². The summed E-state index contributed by atoms with van der Waals surface area (Å²) in [6, 6.07) is 11.1. The van der Waals surface area contributed by atoms with Gasteiger partial charge in [-0.25, -0.2) is 14.4 Å². The van der Waals surface area contributed by atoms with Gasteiger partial charge in [0.25, 0.3) is 5.91 Å². The Hall–Kier alpha value is -5.10. The van der Waals surface area contributed by atoms with Gasteiger partial charge in [-0.1, -0.05) is 41.1 Å². The fraction of sp³-hybridized carbons (Fsp3) is 0.314. The molecule has 0 bridgehead atoms. The maximum Gasteiger partial charge on any atom is 0.270 e. The number of piperidine rings is 1. The van der Waals surface area contributed by atoms with Crippen LogP contribution in [-0.4, -0.2) is 84.8 Å². The number of carbonyl (C=O) groups excluding carboxylic acids is 2. The zero-order valence-corrected chi connectivity index (χ0v) is 27.2. The number of halogens is 2. The number of para-hydroxylation sites is 1. The molecule has 246 valence electrons. The predicted octanol–water partition coefficient (Wildman–Crippen LogP) is 5.74. The largest absolute Gasteiger partial charge is 0.496 e. The van der Waals surface area contributed by atoms with Gasteiger partial charge in [-0.3, -0.25) is 14.3 Å². The smallest absolute Gasteiger partial charge is 0.270 e. The number of aryl methyl sites for hydroxylation is 1. The van der Waals surface area contributed by atoms with E-state index in [1.54, 1.807) is 52.4 Å². The van der Waals surface area contributed by atoms with E-state index in [4.69, 9.17) is 16.3 Å². The van der Waals surface area contributed by atoms with Gasteiger partial charge in [0.2, 0.25) is 5.91 Å². The van der Waals surface area contributed by atoms with Crippen molar-refractivity contribution in [2.24, 2.45) is 0 Å². The highest BCUT2D eigenvalue weighted by Crippen LogP contribution is 2.40. The number of aromatic nitrogens is 6. The lowest BCUT2D eigenvalue weighted by Gasteiger charge is -2.31. The Balaban J connectivity index is 1.19. The van der Waals surface area contributed by atoms with Crippen LogP contribution >= 0.6 is 11.6 Å². The Morgan fingerprint density at radius 2 is 1.83 bits per heavy atom. The number of likely N-dealkylation sites (tertiary alicyclic amines) is 1. The van der Waals surface area contributed by atoms with Crippen LogP contribution in [0.1, 0.15) is 53.5 Å². The number of methoxy groups -OCH3 is 1. The van der Waals surface area contributed by atoms with Crippen molar-refractivity contribution in [3.8, 4) is 16.9 Å². The van der Waals surface area contributed by atoms with Crippen molar-refractivity contribution in [3.63, 3.8) is 0 Å². The molecular weight excluding hydrogens is 635 g/mol. The van der Waals surface area contributed by atoms with Crippen LogP contribution in [0.4, 0.5) is 4.39 Å². The molecular formula is C35H34ClFN8O3. The van der Waals surface area contributed by atoms with Crippen LogP contribution in [-0.2, 0) is 11.3 Å². The van der Waals surface area contributed by atoms with Crippen molar-refractivity contribution >= 4 is 39.9 Å². The zero-order valence-electron chi connectivity index (χ0n) is 26.4. The SMILES string of the molecule is COc1ccccc1-c1cc(C2=CCCN(C(=O)CCn3ccnn3)C2)c(F)c2[nH]c(C(=O)N3CCC(c4ncc(Cl)cn4)CC3)cc12. The Morgan fingerprint density at radius 3 is 2.58 bits per heavy atom. The number of hydrogen-bond donors (Lipinski definition) is 1. The number of nitrogens with one attached hydrogen (secondary N) is 1. The highest BCUT2D eigenvalue weighted by atomic mass is 35.5. The number of nitrogens with zero attached hydrogens (tertiary/aromatic N) is 7. The molecule has 5 aromatic rings. The third kappa shape index (κ3) is 6.27. The van der Waals surface area contributed by atoms with Crippen molar-refractivity contribution in [1.29, 1.82) is 0 Å². The first-order valence-corrected chi connectivity index (χ1v) is 16.3. The zero-order chi connectivity index (χ0) is 33.2. The number of aromatic amines is 1. The summed E-state index contributed by atoms with van der Waals surface area (Å²) in [6.45, 7) is 2.27. The van der Waals surface area contributed by atoms with Gasteiger partial charge in [0.1, 0.15) is 17.3 Å². The number of benzene rings is 2. The summed E-state index contributed by atoms with van der Waals surface area (Å²) in [5.74, 6) is 0.768. The minimum atomic E-state index is -0.468. The van der Waals surface area contributed by atoms with Crippen molar-refractivity contribution in [2.75, 3.05) is 33.3 Å². The van der Waals surface area contributed by atoms with Crippen LogP contribution in [0.5, 0.6) is 5.75 Å². The van der Waals surface area contributed by atoms with Crippen LogP contribution in [0, 0.1) is 5.82 Å². The lowest BCUT2D eigenvalue weighted by atomic mass is 9.92. The average Bonchev–Trinajstić information content (AvgIpc) is 3.82. The lowest BCUT2D eigenvalue weighted by molar-refractivity contribution is -0.131. The normalized spacial score (nSPS) is 15.5. The quantitative estimate of drug-likeness (QED) is 0.224. The van der Waals surface area contributed by atoms with Crippen molar-refractivity contribution in [3.05, 3.63) is 95.2 Å². The fourth-order valence-electron chi connectivity index (χ4n) is 6.62. The van der Waals surface area contributed by atoms with Gasteiger partial charge in [0, 0.05) is 73.6 Å². The molecule has 48 heavy (non-hydrogen) atoms. The number of H-pyrrole nitrogens is 1. The third-order valence-corrected chi connectivity index (χ3v) is 9.34. The molecule has 2 aliphatic rings. The Labute approximate surface area is 281 Å². The number of rotatable bonds is 8. The second-order valence-corrected chi connectivity index (χ2v) is 12.5. The molecule has 5 heterocycles. The van der Waals surface area contributed by atoms with Gasteiger partial charge in [0.15, 0.2) is 5.82 Å². The molecule has 0 unspecified atom stereocenters. The summed E-state index contributed by atoms with van der Waals surface area (Å²) in [4.78, 5) is 42.4. The maximum atomic E-state index is 16.6. The fourth-order valence-corrected chi connectivity index (χ4v) is 6.71. The molecule has 1 N–H and O–H groups in total. The van der Waals surface area contributed by atoms with E-state index in [0.29, 0.717) is 78.4 Å². The van der Waals surface area contributed by atoms with Gasteiger partial charge >= 0.3 is 0 Å². The molecule has 2 amide bonds. The molecule has 3 aromatic heterocycles. The molecule has 0 radical (unpaired) electrons. The number of fused-ring (bicyclic) bond motifs is 1. The van der Waals surface area contributed by atoms with E-state index in [0.717, 1.165) is 17.0 Å². The van der Waals surface area contributed by atoms with Gasteiger partial charge in [-0.05, 0) is 48.6 Å². The molecule has 0 saturated carbocycles. The molecule has 2 aromatic carbocycles. The van der Waals surface area contributed by atoms with Crippen molar-refractivity contribution in [1.82, 2.24) is 39.7 Å². The first-order valence-electron chi connectivity index (χ1n) is 16.0. The van der Waals surface area contributed by atoms with Crippen LogP contribution in [0.2, 0.25) is 5.02 Å². The molecule has 13 heteroatoms. The number of amides is 2. The lowest BCUT2D eigenvalue weighted by Crippen LogP contribution is -2.38. The number of carbonyl (C=O) groups is 2. The van der Waals surface area contributed by atoms with Crippen LogP contribution in [0.25, 0.3) is 27.6 Å². The minimum absolute atomic E-state index is 0.0401. The molecule has 1 fully saturated rings. The predicted molar refractivity (Wildman–Crippen MR) is 179 cm³/mol. The number of hydrogen-bond acceptors (Lipinski definition) is 7. The van der Waals surface area contributed by atoms with Crippen molar-refractivity contribution in [2.45, 2.75) is 38.1 Å². The molecule has 2 aliphatic heterocycles. The Morgan fingerprint density at radius 1 is 1.04 bits per heavy atom. The molecule has 1 saturated heterocycles. The highest BCUT2D eigenvalue weighted by molar-refractivity contribution is 6.30. The number of ether oxygens (including phenoxy) is 1. The molecule has 0 aliphatic carbocycles. The maximum absolute atomic E-state index is 16.6. The Bertz CT molecular complexity index is 1990. The summed E-state index contributed by atoms with van der Waals surface area (Å²) in [5.41, 5.74) is 3.12. The van der Waals surface area contributed by atoms with Crippen LogP contribution in [0.3, 0.4) is 0 Å². The van der Waals surface area contributed by atoms with Gasteiger partial charge in [-0.15, -0.1) is 5.10 Å². The van der Waals surface area contributed by atoms with Crippen LogP contribution < -0.4 is 4.74 Å². The monoisotopic (exact) mass is 668 g/mol. The van der Waals surface area contributed by atoms with E-state index in [9.17, 15) is 9.59 Å². The second kappa shape index (κ2) is 13.6. The first-order chi connectivity index (χ1) is 23.4. The Kier molecular flexibility index (Phi) is 8.90. The molecule has 11 nitrogen and oxygen atoms in total. The van der Waals surface area contributed by atoms with Gasteiger partial charge < -0.3 is 19.5 Å². The minimum Gasteiger partial charge on any atom is -0.496 e. The first kappa shape index (κ1) is 31.5. The summed E-state index contributed by atoms with van der Waals surface area (Å²) < 4.78 is 23.9. The van der Waals surface area contributed by atoms with E-state index in [-0.39, 0.29) is 36.2 Å². The van der Waals surface area contributed by atoms with Gasteiger partial charge in [0.05, 0.1) is 30.4 Å². The van der Waals surface area contributed by atoms with E-state index in [1.807, 2.05) is 36.4 Å². The van der Waals surface area contributed by atoms with Gasteiger partial charge in [-0.2, -0.15) is 0 Å². The van der Waals surface area contributed by atoms with E-state index >= 15 is 4.39 Å². The summed E-state index contributed by atoms with van der Waals surface area (Å²) in [7, 11) is 1.59. The second-order valence-electron chi connectivity index (χ2n) is 12.0. The van der Waals surface area contributed by atoms with E-state index in [2.05, 4.69) is 25.3 Å². The highest BCUT2D eigenvalue weighted by Gasteiger charge is 2.29. The van der Waals surface area contributed by atoms with E-state index < -0.39 is 5.82 Å². The standard InChI is InChI=1S/C35H34ClFN8O3/c1-48-30-7-3-2-6-25(30)27-17-26(23-5-4-12-44(21-23)31(46)10-15-45-16-11-40-42-45)32(37)33-28(27)18-29(41-33)35(47)43-13-8-22(9-14-43)34-38-19-24(36)20-39-34/h2-3,5-7,11,16-20,22,41H,4,8-10,12-15,21H2,1H3. The third-order valence-electron chi connectivity index (χ3n) is 9.14. The van der Waals surface area contributed by atoms with Crippen molar-refractivity contribution < 1.29 is 18.7 Å². The summed E-state index contributed by atoms with van der Waals surface area (Å²) >= 11 is 5.96.